The summed E-state index contributed by atoms with van der Waals surface area (Å²) in [5.74, 6) is 0.106. The van der Waals surface area contributed by atoms with Crippen molar-refractivity contribution >= 4 is 23.1 Å². The van der Waals surface area contributed by atoms with Crippen molar-refractivity contribution in [3.8, 4) is 0 Å². The topological polar surface area (TPSA) is 59.3 Å². The molecule has 5 heteroatoms. The molecule has 2 rings (SSSR count). The van der Waals surface area contributed by atoms with Crippen LogP contribution in [0.2, 0.25) is 0 Å². The Balaban J connectivity index is 2.69. The van der Waals surface area contributed by atoms with Gasteiger partial charge in [-0.15, -0.1) is 0 Å². The molecule has 0 bridgehead atoms. The highest BCUT2D eigenvalue weighted by Crippen LogP contribution is 2.17. The monoisotopic (exact) mass is 223 g/mol. The van der Waals surface area contributed by atoms with E-state index in [1.165, 1.54) is 6.07 Å². The van der Waals surface area contributed by atoms with Crippen LogP contribution in [-0.4, -0.2) is 10.9 Å². The lowest BCUT2D eigenvalue weighted by molar-refractivity contribution is 0.0968. The van der Waals surface area contributed by atoms with Gasteiger partial charge in [-0.3, -0.25) is 4.79 Å². The lowest BCUT2D eigenvalue weighted by atomic mass is 10.0. The van der Waals surface area contributed by atoms with E-state index in [0.29, 0.717) is 34.7 Å². The number of hydrogen-bond acceptors (Lipinski definition) is 4. The van der Waals surface area contributed by atoms with Crippen molar-refractivity contribution in [2.45, 2.75) is 19.8 Å². The average molecular weight is 223 g/mol. The Morgan fingerprint density at radius 2 is 2.27 bits per heavy atom. The van der Waals surface area contributed by atoms with Crippen LogP contribution in [0.15, 0.2) is 15.3 Å². The summed E-state index contributed by atoms with van der Waals surface area (Å²) in [5, 5.41) is 2.56. The highest BCUT2D eigenvalue weighted by atomic mass is 32.1. The maximum atomic E-state index is 11.6. The highest BCUT2D eigenvalue weighted by Gasteiger charge is 2.25. The Morgan fingerprint density at radius 1 is 1.53 bits per heavy atom. The predicted octanol–water partition coefficient (Wildman–Crippen LogP) is 0.816. The standard InChI is InChI=1S/C10H9NO3S/c1-2-5-3-8(12)14-6-4-7(15)11-10(13)9(5)6/h3H,2,4H2,1H3,(H,11,13,15). The van der Waals surface area contributed by atoms with Gasteiger partial charge in [0.15, 0.2) is 0 Å². The Hall–Kier alpha value is -1.49. The van der Waals surface area contributed by atoms with E-state index in [0.717, 1.165) is 0 Å². The lowest BCUT2D eigenvalue weighted by Crippen LogP contribution is -2.37. The van der Waals surface area contributed by atoms with Gasteiger partial charge in [0.25, 0.3) is 5.91 Å². The molecule has 0 atom stereocenters. The smallest absolute Gasteiger partial charge is 0.336 e. The Bertz CT molecular complexity index is 504. The highest BCUT2D eigenvalue weighted by molar-refractivity contribution is 7.80. The zero-order valence-corrected chi connectivity index (χ0v) is 8.94. The summed E-state index contributed by atoms with van der Waals surface area (Å²) in [5.41, 5.74) is 0.745. The lowest BCUT2D eigenvalue weighted by Gasteiger charge is -2.17. The van der Waals surface area contributed by atoms with Crippen molar-refractivity contribution in [3.63, 3.8) is 0 Å². The molecule has 0 spiro atoms. The second-order valence-corrected chi connectivity index (χ2v) is 3.79. The van der Waals surface area contributed by atoms with Crippen molar-refractivity contribution in [1.29, 1.82) is 0 Å². The van der Waals surface area contributed by atoms with Gasteiger partial charge in [0.05, 0.1) is 17.0 Å². The van der Waals surface area contributed by atoms with E-state index >= 15 is 0 Å². The minimum absolute atomic E-state index is 0.276. The molecule has 1 aliphatic heterocycles. The molecule has 1 aromatic heterocycles. The minimum Gasteiger partial charge on any atom is -0.427 e. The number of fused-ring (bicyclic) bond motifs is 1. The molecule has 4 nitrogen and oxygen atoms in total. The van der Waals surface area contributed by atoms with E-state index in [1.807, 2.05) is 6.92 Å². The second-order valence-electron chi connectivity index (χ2n) is 3.30. The number of rotatable bonds is 1. The molecule has 78 valence electrons. The summed E-state index contributed by atoms with van der Waals surface area (Å²) >= 11 is 4.89. The van der Waals surface area contributed by atoms with Crippen molar-refractivity contribution in [1.82, 2.24) is 5.32 Å². The van der Waals surface area contributed by atoms with Gasteiger partial charge in [-0.25, -0.2) is 4.79 Å². The number of amides is 1. The zero-order chi connectivity index (χ0) is 11.0. The average Bonchev–Trinajstić information content (AvgIpc) is 2.14. The molecule has 1 aliphatic rings. The first-order valence-corrected chi connectivity index (χ1v) is 5.02. The van der Waals surface area contributed by atoms with Crippen molar-refractivity contribution in [2.75, 3.05) is 0 Å². The number of carbonyl (C=O) groups is 1. The van der Waals surface area contributed by atoms with Crippen LogP contribution in [0.25, 0.3) is 0 Å². The molecule has 0 saturated carbocycles. The number of nitrogens with one attached hydrogen (secondary N) is 1. The zero-order valence-electron chi connectivity index (χ0n) is 8.12. The first-order chi connectivity index (χ1) is 7.11. The van der Waals surface area contributed by atoms with E-state index in [9.17, 15) is 9.59 Å². The quantitative estimate of drug-likeness (QED) is 0.716. The van der Waals surface area contributed by atoms with E-state index in [-0.39, 0.29) is 5.91 Å². The van der Waals surface area contributed by atoms with Gasteiger partial charge in [0, 0.05) is 6.07 Å². The van der Waals surface area contributed by atoms with Crippen molar-refractivity contribution in [3.05, 3.63) is 33.4 Å². The van der Waals surface area contributed by atoms with Gasteiger partial charge < -0.3 is 9.73 Å². The largest absolute Gasteiger partial charge is 0.427 e. The molecule has 0 radical (unpaired) electrons. The van der Waals surface area contributed by atoms with Gasteiger partial charge in [-0.05, 0) is 12.0 Å². The van der Waals surface area contributed by atoms with Crippen molar-refractivity contribution < 1.29 is 9.21 Å². The fraction of sp³-hybridized carbons (Fsp3) is 0.300. The van der Waals surface area contributed by atoms with Crippen LogP contribution in [0.4, 0.5) is 0 Å². The summed E-state index contributed by atoms with van der Waals surface area (Å²) in [4.78, 5) is 23.2. The summed E-state index contributed by atoms with van der Waals surface area (Å²) in [6.07, 6.45) is 0.938. The van der Waals surface area contributed by atoms with Crippen LogP contribution >= 0.6 is 12.2 Å². The third-order valence-electron chi connectivity index (χ3n) is 2.30. The molecule has 1 aromatic rings. The minimum atomic E-state index is -0.428. The normalized spacial score (nSPS) is 14.7. The third kappa shape index (κ3) is 1.70. The van der Waals surface area contributed by atoms with Crippen LogP contribution in [0.5, 0.6) is 0 Å². The summed E-state index contributed by atoms with van der Waals surface area (Å²) < 4.78 is 4.98. The molecule has 0 aliphatic carbocycles. The Labute approximate surface area is 91.3 Å². The van der Waals surface area contributed by atoms with Crippen LogP contribution in [0, 0.1) is 0 Å². The maximum Gasteiger partial charge on any atom is 0.336 e. The van der Waals surface area contributed by atoms with Gasteiger partial charge in [0.2, 0.25) is 0 Å². The number of thiocarbonyl (C=S) groups is 1. The number of hydrogen-bond donors (Lipinski definition) is 1. The molecular weight excluding hydrogens is 214 g/mol. The van der Waals surface area contributed by atoms with Gasteiger partial charge >= 0.3 is 5.63 Å². The Kier molecular flexibility index (Phi) is 2.40. The fourth-order valence-corrected chi connectivity index (χ4v) is 1.87. The summed E-state index contributed by atoms with van der Waals surface area (Å²) in [6, 6.07) is 1.35. The maximum absolute atomic E-state index is 11.6. The Morgan fingerprint density at radius 3 is 2.93 bits per heavy atom. The van der Waals surface area contributed by atoms with Crippen LogP contribution in [0.3, 0.4) is 0 Å². The van der Waals surface area contributed by atoms with Crippen molar-refractivity contribution in [2.24, 2.45) is 0 Å². The van der Waals surface area contributed by atoms with E-state index in [2.05, 4.69) is 5.32 Å². The number of carbonyl (C=O) groups excluding carboxylic acids is 1. The molecule has 2 heterocycles. The van der Waals surface area contributed by atoms with E-state index < -0.39 is 5.63 Å². The van der Waals surface area contributed by atoms with E-state index in [1.54, 1.807) is 0 Å². The molecule has 1 N–H and O–H groups in total. The third-order valence-corrected chi connectivity index (χ3v) is 2.54. The molecule has 0 aromatic carbocycles. The molecule has 0 unspecified atom stereocenters. The molecule has 0 saturated heterocycles. The molecule has 1 amide bonds. The summed E-state index contributed by atoms with van der Waals surface area (Å²) in [6.45, 7) is 1.88. The first kappa shape index (κ1) is 10.0. The molecular formula is C10H9NO3S. The SMILES string of the molecule is CCc1cc(=O)oc2c1C(=O)NC(=S)C2. The summed E-state index contributed by atoms with van der Waals surface area (Å²) in [7, 11) is 0. The van der Waals surface area contributed by atoms with Gasteiger partial charge in [-0.2, -0.15) is 0 Å². The second kappa shape index (κ2) is 3.58. The van der Waals surface area contributed by atoms with Crippen LogP contribution < -0.4 is 10.9 Å². The van der Waals surface area contributed by atoms with E-state index in [4.69, 9.17) is 16.6 Å². The predicted molar refractivity (Wildman–Crippen MR) is 58.1 cm³/mol. The van der Waals surface area contributed by atoms with Gasteiger partial charge in [-0.1, -0.05) is 19.1 Å². The fourth-order valence-electron chi connectivity index (χ4n) is 1.65. The molecule has 15 heavy (non-hydrogen) atoms. The molecule has 0 fully saturated rings. The van der Waals surface area contributed by atoms with Crippen LogP contribution in [-0.2, 0) is 12.8 Å². The first-order valence-electron chi connectivity index (χ1n) is 4.62. The van der Waals surface area contributed by atoms with Crippen LogP contribution in [0.1, 0.15) is 28.6 Å². The number of aryl methyl sites for hydroxylation is 1. The van der Waals surface area contributed by atoms with Gasteiger partial charge in [0.1, 0.15) is 5.76 Å².